The van der Waals surface area contributed by atoms with Crippen LogP contribution in [-0.2, 0) is 4.79 Å². The summed E-state index contributed by atoms with van der Waals surface area (Å²) in [6.07, 6.45) is 4.21. The van der Waals surface area contributed by atoms with Crippen LogP contribution in [0.2, 0.25) is 0 Å². The number of carbonyl (C=O) groups is 1. The summed E-state index contributed by atoms with van der Waals surface area (Å²) in [4.78, 5) is 25.6. The van der Waals surface area contributed by atoms with E-state index < -0.39 is 0 Å². The molecule has 0 aliphatic heterocycles. The van der Waals surface area contributed by atoms with Crippen molar-refractivity contribution in [3.8, 4) is 0 Å². The second-order valence-electron chi connectivity index (χ2n) is 2.53. The van der Waals surface area contributed by atoms with Crippen LogP contribution >= 0.6 is 0 Å². The molecule has 0 spiro atoms. The maximum Gasteiger partial charge on any atom is 0.250 e. The van der Waals surface area contributed by atoms with Crippen molar-refractivity contribution < 1.29 is 4.79 Å². The third-order valence-corrected chi connectivity index (χ3v) is 1.60. The van der Waals surface area contributed by atoms with Gasteiger partial charge >= 0.3 is 0 Å². The molecule has 0 atom stereocenters. The van der Waals surface area contributed by atoms with E-state index in [0.717, 1.165) is 11.6 Å². The number of H-pyrrole nitrogens is 1. The molecule has 0 bridgehead atoms. The fourth-order valence-corrected chi connectivity index (χ4v) is 0.957. The molecule has 70 valence electrons. The molecule has 2 aromatic rings. The Labute approximate surface area is 79.1 Å². The summed E-state index contributed by atoms with van der Waals surface area (Å²) in [5.74, 6) is -0.130. The lowest BCUT2D eigenvalue weighted by molar-refractivity contribution is -0.111. The molecule has 0 unspecified atom stereocenters. The first kappa shape index (κ1) is 8.36. The van der Waals surface area contributed by atoms with Crippen LogP contribution < -0.4 is 5.32 Å². The number of aromatic amines is 1. The molecule has 0 fully saturated rings. The van der Waals surface area contributed by atoms with E-state index in [0.29, 0.717) is 5.65 Å². The van der Waals surface area contributed by atoms with Gasteiger partial charge in [0.1, 0.15) is 5.52 Å². The normalized spacial score (nSPS) is 10.0. The zero-order chi connectivity index (χ0) is 9.97. The number of amides is 1. The van der Waals surface area contributed by atoms with Crippen LogP contribution in [0, 0.1) is 0 Å². The lowest BCUT2D eigenvalue weighted by Crippen LogP contribution is -2.10. The zero-order valence-corrected chi connectivity index (χ0v) is 7.19. The van der Waals surface area contributed by atoms with Crippen LogP contribution in [0.4, 0.5) is 5.95 Å². The van der Waals surface area contributed by atoms with Gasteiger partial charge in [0.25, 0.3) is 0 Å². The Morgan fingerprint density at radius 3 is 3.21 bits per heavy atom. The quantitative estimate of drug-likeness (QED) is 0.673. The summed E-state index contributed by atoms with van der Waals surface area (Å²) < 4.78 is 0. The highest BCUT2D eigenvalue weighted by Gasteiger charge is 2.02. The van der Waals surface area contributed by atoms with Crippen LogP contribution in [0.15, 0.2) is 25.2 Å². The van der Waals surface area contributed by atoms with Crippen molar-refractivity contribution in [3.63, 3.8) is 0 Å². The van der Waals surface area contributed by atoms with Crippen molar-refractivity contribution in [3.05, 3.63) is 25.2 Å². The lowest BCUT2D eigenvalue weighted by Gasteiger charge is -1.97. The molecule has 2 aromatic heterocycles. The third-order valence-electron chi connectivity index (χ3n) is 1.60. The Balaban J connectivity index is 2.34. The van der Waals surface area contributed by atoms with Gasteiger partial charge in [0.2, 0.25) is 11.9 Å². The van der Waals surface area contributed by atoms with Gasteiger partial charge in [0.05, 0.1) is 12.5 Å². The second-order valence-corrected chi connectivity index (χ2v) is 2.53. The molecule has 2 N–H and O–H groups in total. The first-order valence-electron chi connectivity index (χ1n) is 3.89. The van der Waals surface area contributed by atoms with Crippen molar-refractivity contribution in [2.75, 3.05) is 5.32 Å². The summed E-state index contributed by atoms with van der Waals surface area (Å²) >= 11 is 0. The number of nitrogens with zero attached hydrogens (tertiary/aromatic N) is 3. The fourth-order valence-electron chi connectivity index (χ4n) is 0.957. The molecule has 6 heteroatoms. The molecule has 0 aliphatic carbocycles. The van der Waals surface area contributed by atoms with E-state index in [1.165, 1.54) is 6.33 Å². The molecule has 2 heterocycles. The molecular weight excluding hydrogens is 182 g/mol. The van der Waals surface area contributed by atoms with E-state index >= 15 is 0 Å². The van der Waals surface area contributed by atoms with Crippen LogP contribution in [-0.4, -0.2) is 25.8 Å². The van der Waals surface area contributed by atoms with Gasteiger partial charge in [-0.25, -0.2) is 9.97 Å². The smallest absolute Gasteiger partial charge is 0.250 e. The first-order valence-corrected chi connectivity index (χ1v) is 3.89. The van der Waals surface area contributed by atoms with E-state index in [1.54, 1.807) is 6.20 Å². The zero-order valence-electron chi connectivity index (χ0n) is 7.19. The molecule has 0 aliphatic rings. The van der Waals surface area contributed by atoms with Crippen LogP contribution in [0.1, 0.15) is 0 Å². The summed E-state index contributed by atoms with van der Waals surface area (Å²) in [7, 11) is 0. The van der Waals surface area contributed by atoms with Gasteiger partial charge in [-0.1, -0.05) is 6.58 Å². The fraction of sp³-hybridized carbons (Fsp3) is 0. The van der Waals surface area contributed by atoms with Gasteiger partial charge in [0, 0.05) is 0 Å². The van der Waals surface area contributed by atoms with Gasteiger partial charge in [0.15, 0.2) is 5.65 Å². The van der Waals surface area contributed by atoms with E-state index in [4.69, 9.17) is 0 Å². The standard InChI is InChI=1S/C8H7N5O/c1-2-6(14)12-8-9-3-5-7(13-8)11-4-10-5/h2-4H,1H2,(H2,9,10,11,12,13,14). The Morgan fingerprint density at radius 2 is 2.43 bits per heavy atom. The molecule has 0 aromatic carbocycles. The minimum Gasteiger partial charge on any atom is -0.342 e. The van der Waals surface area contributed by atoms with Crippen LogP contribution in [0.25, 0.3) is 11.2 Å². The monoisotopic (exact) mass is 189 g/mol. The molecule has 2 rings (SSSR count). The lowest BCUT2D eigenvalue weighted by atomic mass is 10.5. The largest absolute Gasteiger partial charge is 0.342 e. The van der Waals surface area contributed by atoms with Crippen molar-refractivity contribution in [1.29, 1.82) is 0 Å². The van der Waals surface area contributed by atoms with Gasteiger partial charge in [-0.15, -0.1) is 0 Å². The predicted octanol–water partition coefficient (Wildman–Crippen LogP) is 0.477. The van der Waals surface area contributed by atoms with E-state index in [-0.39, 0.29) is 11.9 Å². The number of hydrogen-bond acceptors (Lipinski definition) is 4. The van der Waals surface area contributed by atoms with Crippen molar-refractivity contribution in [2.45, 2.75) is 0 Å². The Kier molecular flexibility index (Phi) is 1.94. The van der Waals surface area contributed by atoms with Gasteiger partial charge < -0.3 is 4.98 Å². The van der Waals surface area contributed by atoms with Crippen molar-refractivity contribution in [2.24, 2.45) is 0 Å². The second kappa shape index (κ2) is 3.25. The highest BCUT2D eigenvalue weighted by atomic mass is 16.1. The highest BCUT2D eigenvalue weighted by molar-refractivity contribution is 5.97. The van der Waals surface area contributed by atoms with Crippen molar-refractivity contribution >= 4 is 23.0 Å². The third kappa shape index (κ3) is 1.45. The number of carbonyl (C=O) groups excluding carboxylic acids is 1. The molecule has 0 saturated heterocycles. The Bertz CT molecular complexity index is 489. The average Bonchev–Trinajstić information content (AvgIpc) is 2.64. The molecule has 6 nitrogen and oxygen atoms in total. The summed E-state index contributed by atoms with van der Waals surface area (Å²) in [5, 5.41) is 2.44. The number of aromatic nitrogens is 4. The van der Waals surface area contributed by atoms with Gasteiger partial charge in [-0.3, -0.25) is 10.1 Å². The summed E-state index contributed by atoms with van der Waals surface area (Å²) in [5.41, 5.74) is 1.24. The maximum atomic E-state index is 10.9. The minimum absolute atomic E-state index is 0.217. The van der Waals surface area contributed by atoms with E-state index in [9.17, 15) is 4.79 Å². The Morgan fingerprint density at radius 1 is 1.57 bits per heavy atom. The van der Waals surface area contributed by atoms with Crippen LogP contribution in [0.3, 0.4) is 0 Å². The summed E-state index contributed by atoms with van der Waals surface area (Å²) in [6, 6.07) is 0. The van der Waals surface area contributed by atoms with E-state index in [2.05, 4.69) is 31.8 Å². The number of nitrogens with one attached hydrogen (secondary N) is 2. The van der Waals surface area contributed by atoms with Gasteiger partial charge in [-0.05, 0) is 6.08 Å². The maximum absolute atomic E-state index is 10.9. The molecule has 1 amide bonds. The first-order chi connectivity index (χ1) is 6.79. The van der Waals surface area contributed by atoms with Crippen LogP contribution in [0.5, 0.6) is 0 Å². The topological polar surface area (TPSA) is 83.6 Å². The highest BCUT2D eigenvalue weighted by Crippen LogP contribution is 2.06. The Hall–Kier alpha value is -2.24. The predicted molar refractivity (Wildman–Crippen MR) is 50.5 cm³/mol. The average molecular weight is 189 g/mol. The number of fused-ring (bicyclic) bond motifs is 1. The van der Waals surface area contributed by atoms with Gasteiger partial charge in [-0.2, -0.15) is 4.98 Å². The number of rotatable bonds is 2. The molecule has 14 heavy (non-hydrogen) atoms. The number of hydrogen-bond donors (Lipinski definition) is 2. The molecule has 0 radical (unpaired) electrons. The molecule has 0 saturated carbocycles. The van der Waals surface area contributed by atoms with E-state index in [1.807, 2.05) is 0 Å². The number of anilines is 1. The van der Waals surface area contributed by atoms with Crippen molar-refractivity contribution in [1.82, 2.24) is 19.9 Å². The minimum atomic E-state index is -0.347. The molecular formula is C8H7N5O. The number of imidazole rings is 1. The summed E-state index contributed by atoms with van der Waals surface area (Å²) in [6.45, 7) is 3.32. The SMILES string of the molecule is C=CC(=O)Nc1ncc2[nH]cnc2n1.